The van der Waals surface area contributed by atoms with Crippen LogP contribution in [0.1, 0.15) is 35.1 Å². The Morgan fingerprint density at radius 3 is 2.76 bits per heavy atom. The summed E-state index contributed by atoms with van der Waals surface area (Å²) < 4.78 is 2.76. The summed E-state index contributed by atoms with van der Waals surface area (Å²) in [6.07, 6.45) is 1.70. The Kier molecular flexibility index (Phi) is 4.03. The summed E-state index contributed by atoms with van der Waals surface area (Å²) in [5, 5.41) is 14.1. The second-order valence-corrected chi connectivity index (χ2v) is 6.06. The molecular formula is C14H16BrN5O. The maximum Gasteiger partial charge on any atom is 0.273 e. The number of aromatic nitrogens is 3. The minimum Gasteiger partial charge on any atom is -0.344 e. The number of carbonyl (C=O) groups is 1. The number of nitrogens with one attached hydrogen (secondary N) is 2. The van der Waals surface area contributed by atoms with E-state index in [-0.39, 0.29) is 11.9 Å². The molecule has 110 valence electrons. The van der Waals surface area contributed by atoms with E-state index in [0.29, 0.717) is 11.7 Å². The standard InChI is InChI=1S/C14H16BrN5O/c1-9(10-2-4-11(15)5-3-10)17-14(21)13-8-20(19-18-13)12-6-16-7-12/h2-5,8-9,12,16H,6-7H2,1H3,(H,17,21)/t9-/m1/s1. The van der Waals surface area contributed by atoms with Gasteiger partial charge in [-0.25, -0.2) is 4.68 Å². The number of halogens is 1. The second-order valence-electron chi connectivity index (χ2n) is 5.14. The van der Waals surface area contributed by atoms with Crippen LogP contribution in [0, 0.1) is 0 Å². The Morgan fingerprint density at radius 1 is 1.43 bits per heavy atom. The molecule has 21 heavy (non-hydrogen) atoms. The molecular weight excluding hydrogens is 334 g/mol. The van der Waals surface area contributed by atoms with Crippen LogP contribution in [-0.2, 0) is 0 Å². The number of nitrogens with zero attached hydrogens (tertiary/aromatic N) is 3. The normalized spacial score (nSPS) is 16.3. The van der Waals surface area contributed by atoms with E-state index in [0.717, 1.165) is 23.1 Å². The fourth-order valence-electron chi connectivity index (χ4n) is 2.13. The lowest BCUT2D eigenvalue weighted by atomic mass is 10.1. The van der Waals surface area contributed by atoms with Crippen LogP contribution in [0.3, 0.4) is 0 Å². The third-order valence-corrected chi connectivity index (χ3v) is 4.12. The fourth-order valence-corrected chi connectivity index (χ4v) is 2.39. The van der Waals surface area contributed by atoms with Crippen molar-refractivity contribution in [3.8, 4) is 0 Å². The largest absolute Gasteiger partial charge is 0.344 e. The van der Waals surface area contributed by atoms with Crippen molar-refractivity contribution in [2.75, 3.05) is 13.1 Å². The number of rotatable bonds is 4. The Bertz CT molecular complexity index is 635. The highest BCUT2D eigenvalue weighted by Gasteiger charge is 2.22. The average molecular weight is 350 g/mol. The van der Waals surface area contributed by atoms with Crippen molar-refractivity contribution in [1.29, 1.82) is 0 Å². The molecule has 1 aliphatic heterocycles. The van der Waals surface area contributed by atoms with E-state index in [1.54, 1.807) is 10.9 Å². The van der Waals surface area contributed by atoms with E-state index in [4.69, 9.17) is 0 Å². The van der Waals surface area contributed by atoms with Gasteiger partial charge in [0.15, 0.2) is 5.69 Å². The molecule has 1 aliphatic rings. The van der Waals surface area contributed by atoms with E-state index in [1.165, 1.54) is 0 Å². The molecule has 0 unspecified atom stereocenters. The molecule has 1 atom stereocenters. The molecule has 1 fully saturated rings. The number of hydrogen-bond donors (Lipinski definition) is 2. The first-order valence-electron chi connectivity index (χ1n) is 6.82. The summed E-state index contributed by atoms with van der Waals surface area (Å²) in [7, 11) is 0. The van der Waals surface area contributed by atoms with E-state index in [9.17, 15) is 4.79 Å². The third-order valence-electron chi connectivity index (χ3n) is 3.59. The molecule has 3 rings (SSSR count). The van der Waals surface area contributed by atoms with Crippen LogP contribution in [-0.4, -0.2) is 34.0 Å². The van der Waals surface area contributed by atoms with Crippen LogP contribution in [0.15, 0.2) is 34.9 Å². The van der Waals surface area contributed by atoms with Crippen molar-refractivity contribution in [3.05, 3.63) is 46.2 Å². The van der Waals surface area contributed by atoms with Crippen molar-refractivity contribution in [1.82, 2.24) is 25.6 Å². The lowest BCUT2D eigenvalue weighted by molar-refractivity contribution is 0.0934. The van der Waals surface area contributed by atoms with Gasteiger partial charge in [-0.15, -0.1) is 5.10 Å². The molecule has 7 heteroatoms. The molecule has 0 saturated carbocycles. The highest BCUT2D eigenvalue weighted by molar-refractivity contribution is 9.10. The predicted octanol–water partition coefficient (Wildman–Crippen LogP) is 1.68. The molecule has 2 N–H and O–H groups in total. The number of amides is 1. The summed E-state index contributed by atoms with van der Waals surface area (Å²) in [5.74, 6) is -0.205. The summed E-state index contributed by atoms with van der Waals surface area (Å²) in [6, 6.07) is 8.09. The zero-order valence-electron chi connectivity index (χ0n) is 11.6. The van der Waals surface area contributed by atoms with Gasteiger partial charge in [0.2, 0.25) is 0 Å². The van der Waals surface area contributed by atoms with Gasteiger partial charge in [0.05, 0.1) is 18.3 Å². The highest BCUT2D eigenvalue weighted by atomic mass is 79.9. The number of hydrogen-bond acceptors (Lipinski definition) is 4. The van der Waals surface area contributed by atoms with Crippen LogP contribution in [0.5, 0.6) is 0 Å². The first-order chi connectivity index (χ1) is 10.1. The zero-order valence-corrected chi connectivity index (χ0v) is 13.2. The molecule has 0 radical (unpaired) electrons. The van der Waals surface area contributed by atoms with E-state index in [2.05, 4.69) is 36.9 Å². The van der Waals surface area contributed by atoms with Gasteiger partial charge in [-0.3, -0.25) is 4.79 Å². The monoisotopic (exact) mass is 349 g/mol. The third kappa shape index (κ3) is 3.14. The topological polar surface area (TPSA) is 71.8 Å². The van der Waals surface area contributed by atoms with Crippen molar-refractivity contribution in [2.45, 2.75) is 19.0 Å². The summed E-state index contributed by atoms with van der Waals surface area (Å²) in [4.78, 5) is 12.2. The van der Waals surface area contributed by atoms with Crippen LogP contribution < -0.4 is 10.6 Å². The lowest BCUT2D eigenvalue weighted by Gasteiger charge is -2.26. The van der Waals surface area contributed by atoms with Gasteiger partial charge in [0, 0.05) is 17.6 Å². The van der Waals surface area contributed by atoms with E-state index in [1.807, 2.05) is 31.2 Å². The van der Waals surface area contributed by atoms with Gasteiger partial charge in [-0.2, -0.15) is 0 Å². The van der Waals surface area contributed by atoms with Gasteiger partial charge in [-0.1, -0.05) is 33.3 Å². The SMILES string of the molecule is C[C@@H](NC(=O)c1cn(C2CNC2)nn1)c1ccc(Br)cc1. The van der Waals surface area contributed by atoms with E-state index >= 15 is 0 Å². The quantitative estimate of drug-likeness (QED) is 0.880. The van der Waals surface area contributed by atoms with Crippen molar-refractivity contribution in [2.24, 2.45) is 0 Å². The van der Waals surface area contributed by atoms with Crippen molar-refractivity contribution < 1.29 is 4.79 Å². The van der Waals surface area contributed by atoms with Gasteiger partial charge in [0.1, 0.15) is 0 Å². The summed E-state index contributed by atoms with van der Waals surface area (Å²) >= 11 is 3.40. The Morgan fingerprint density at radius 2 is 2.14 bits per heavy atom. The molecule has 1 amide bonds. The predicted molar refractivity (Wildman–Crippen MR) is 82.0 cm³/mol. The van der Waals surface area contributed by atoms with E-state index < -0.39 is 0 Å². The average Bonchev–Trinajstić information content (AvgIpc) is 2.86. The molecule has 0 spiro atoms. The molecule has 1 saturated heterocycles. The molecule has 1 aromatic carbocycles. The van der Waals surface area contributed by atoms with Crippen LogP contribution in [0.4, 0.5) is 0 Å². The molecule has 0 bridgehead atoms. The van der Waals surface area contributed by atoms with Gasteiger partial charge in [-0.05, 0) is 24.6 Å². The molecule has 1 aromatic heterocycles. The molecule has 0 aliphatic carbocycles. The number of benzene rings is 1. The fraction of sp³-hybridized carbons (Fsp3) is 0.357. The van der Waals surface area contributed by atoms with Crippen LogP contribution in [0.25, 0.3) is 0 Å². The summed E-state index contributed by atoms with van der Waals surface area (Å²) in [6.45, 7) is 3.70. The Balaban J connectivity index is 1.65. The lowest BCUT2D eigenvalue weighted by Crippen LogP contribution is -2.43. The first kappa shape index (κ1) is 14.2. The highest BCUT2D eigenvalue weighted by Crippen LogP contribution is 2.17. The smallest absolute Gasteiger partial charge is 0.273 e. The van der Waals surface area contributed by atoms with Crippen molar-refractivity contribution in [3.63, 3.8) is 0 Å². The minimum absolute atomic E-state index is 0.0823. The number of carbonyl (C=O) groups excluding carboxylic acids is 1. The summed E-state index contributed by atoms with van der Waals surface area (Å²) in [5.41, 5.74) is 1.40. The van der Waals surface area contributed by atoms with Gasteiger partial charge < -0.3 is 10.6 Å². The maximum absolute atomic E-state index is 12.2. The molecule has 6 nitrogen and oxygen atoms in total. The second kappa shape index (κ2) is 5.95. The minimum atomic E-state index is -0.205. The molecule has 2 heterocycles. The van der Waals surface area contributed by atoms with Gasteiger partial charge >= 0.3 is 0 Å². The van der Waals surface area contributed by atoms with Crippen LogP contribution in [0.2, 0.25) is 0 Å². The maximum atomic E-state index is 12.2. The zero-order chi connectivity index (χ0) is 14.8. The van der Waals surface area contributed by atoms with Gasteiger partial charge in [0.25, 0.3) is 5.91 Å². The Labute approximate surface area is 131 Å². The molecule has 2 aromatic rings. The Hall–Kier alpha value is -1.73. The van der Waals surface area contributed by atoms with Crippen LogP contribution >= 0.6 is 15.9 Å². The first-order valence-corrected chi connectivity index (χ1v) is 7.61. The van der Waals surface area contributed by atoms with Crippen molar-refractivity contribution >= 4 is 21.8 Å².